The van der Waals surface area contributed by atoms with Gasteiger partial charge in [0, 0.05) is 35.8 Å². The highest BCUT2D eigenvalue weighted by Crippen LogP contribution is 2.17. The van der Waals surface area contributed by atoms with Crippen LogP contribution in [0.15, 0.2) is 73.1 Å². The number of aromatic nitrogens is 2. The molecule has 0 spiro atoms. The minimum Gasteiger partial charge on any atom is -0.349 e. The Hall–Kier alpha value is -3.80. The van der Waals surface area contributed by atoms with Gasteiger partial charge in [-0.2, -0.15) is 0 Å². The van der Waals surface area contributed by atoms with E-state index in [9.17, 15) is 9.59 Å². The first-order valence-corrected chi connectivity index (χ1v) is 10.4. The number of hydrogen-bond donors (Lipinski definition) is 2. The molecule has 0 saturated heterocycles. The zero-order valence-corrected chi connectivity index (χ0v) is 17.3. The summed E-state index contributed by atoms with van der Waals surface area (Å²) in [5.74, 6) is -0.497. The van der Waals surface area contributed by atoms with Crippen molar-refractivity contribution >= 4 is 33.4 Å². The number of carbonyl (C=O) groups excluding carboxylic acids is 2. The van der Waals surface area contributed by atoms with Gasteiger partial charge in [0.05, 0.1) is 0 Å². The third-order valence-corrected chi connectivity index (χ3v) is 5.26. The van der Waals surface area contributed by atoms with Crippen LogP contribution in [-0.4, -0.2) is 34.4 Å². The van der Waals surface area contributed by atoms with Crippen molar-refractivity contribution in [3.63, 3.8) is 0 Å². The quantitative estimate of drug-likeness (QED) is 0.478. The molecule has 0 saturated carbocycles. The molecule has 2 N–H and O–H groups in total. The van der Waals surface area contributed by atoms with E-state index in [-0.39, 0.29) is 17.9 Å². The largest absolute Gasteiger partial charge is 0.349 e. The summed E-state index contributed by atoms with van der Waals surface area (Å²) in [6.45, 7) is 2.36. The van der Waals surface area contributed by atoms with Crippen LogP contribution in [0.25, 0.3) is 21.5 Å². The van der Waals surface area contributed by atoms with Crippen LogP contribution in [0, 0.1) is 0 Å². The van der Waals surface area contributed by atoms with Gasteiger partial charge in [0.1, 0.15) is 11.4 Å². The minimum absolute atomic E-state index is 0.211. The molecule has 1 unspecified atom stereocenters. The highest BCUT2D eigenvalue weighted by Gasteiger charge is 2.18. The molecule has 2 amide bonds. The monoisotopic (exact) mass is 412 g/mol. The third kappa shape index (κ3) is 4.53. The highest BCUT2D eigenvalue weighted by atomic mass is 16.2. The van der Waals surface area contributed by atoms with Gasteiger partial charge in [-0.05, 0) is 29.3 Å². The van der Waals surface area contributed by atoms with E-state index in [1.54, 1.807) is 12.4 Å². The average Bonchev–Trinajstić information content (AvgIpc) is 2.81. The Kier molecular flexibility index (Phi) is 6.17. The molecule has 2 aromatic carbocycles. The van der Waals surface area contributed by atoms with Gasteiger partial charge < -0.3 is 10.6 Å². The van der Waals surface area contributed by atoms with Gasteiger partial charge in [-0.1, -0.05) is 61.9 Å². The zero-order valence-electron chi connectivity index (χ0n) is 17.3. The Labute approximate surface area is 180 Å². The number of nitrogens with one attached hydrogen (secondary N) is 2. The van der Waals surface area contributed by atoms with E-state index in [2.05, 4.69) is 20.6 Å². The van der Waals surface area contributed by atoms with Gasteiger partial charge in [-0.15, -0.1) is 0 Å². The van der Waals surface area contributed by atoms with Crippen molar-refractivity contribution in [2.24, 2.45) is 0 Å². The van der Waals surface area contributed by atoms with Crippen molar-refractivity contribution in [3.05, 3.63) is 84.4 Å². The minimum atomic E-state index is -0.254. The lowest BCUT2D eigenvalue weighted by Crippen LogP contribution is -2.44. The van der Waals surface area contributed by atoms with Crippen LogP contribution in [-0.2, 0) is 0 Å². The highest BCUT2D eigenvalue weighted by molar-refractivity contribution is 6.06. The molecule has 4 rings (SSSR count). The van der Waals surface area contributed by atoms with Crippen LogP contribution in [0.1, 0.15) is 40.7 Å². The Morgan fingerprint density at radius 3 is 1.94 bits per heavy atom. The molecular formula is C25H24N4O2. The van der Waals surface area contributed by atoms with Crippen molar-refractivity contribution in [2.75, 3.05) is 6.54 Å². The van der Waals surface area contributed by atoms with E-state index >= 15 is 0 Å². The molecule has 6 nitrogen and oxygen atoms in total. The molecule has 2 aromatic heterocycles. The van der Waals surface area contributed by atoms with Gasteiger partial charge in [-0.25, -0.2) is 0 Å². The number of fused-ring (bicyclic) bond motifs is 2. The van der Waals surface area contributed by atoms with E-state index in [0.717, 1.165) is 34.4 Å². The predicted molar refractivity (Wildman–Crippen MR) is 122 cm³/mol. The van der Waals surface area contributed by atoms with Crippen molar-refractivity contribution in [3.8, 4) is 0 Å². The molecule has 0 bridgehead atoms. The summed E-state index contributed by atoms with van der Waals surface area (Å²) in [7, 11) is 0. The fourth-order valence-corrected chi connectivity index (χ4v) is 3.73. The summed E-state index contributed by atoms with van der Waals surface area (Å²) < 4.78 is 0. The maximum absolute atomic E-state index is 12.9. The summed E-state index contributed by atoms with van der Waals surface area (Å²) in [5, 5.41) is 9.50. The number of amides is 2. The Bertz CT molecular complexity index is 1230. The normalized spacial score (nSPS) is 11.9. The number of pyridine rings is 2. The molecule has 0 aliphatic rings. The van der Waals surface area contributed by atoms with Gasteiger partial charge in [-0.3, -0.25) is 19.6 Å². The van der Waals surface area contributed by atoms with E-state index in [0.29, 0.717) is 17.9 Å². The molecule has 6 heteroatoms. The number of benzene rings is 2. The van der Waals surface area contributed by atoms with Crippen LogP contribution in [0.4, 0.5) is 0 Å². The summed E-state index contributed by atoms with van der Waals surface area (Å²) in [6.07, 6.45) is 4.88. The maximum atomic E-state index is 12.9. The lowest BCUT2D eigenvalue weighted by molar-refractivity contribution is 0.0903. The molecule has 0 fully saturated rings. The number of hydrogen-bond acceptors (Lipinski definition) is 4. The number of carbonyl (C=O) groups is 2. The average molecular weight is 412 g/mol. The van der Waals surface area contributed by atoms with Gasteiger partial charge in [0.2, 0.25) is 0 Å². The second-order valence-electron chi connectivity index (χ2n) is 7.43. The number of nitrogens with zero attached hydrogens (tertiary/aromatic N) is 2. The summed E-state index contributed by atoms with van der Waals surface area (Å²) in [4.78, 5) is 34.3. The molecule has 4 aromatic rings. The molecule has 0 radical (unpaired) electrons. The Balaban J connectivity index is 1.48. The van der Waals surface area contributed by atoms with Crippen molar-refractivity contribution < 1.29 is 9.59 Å². The molecule has 0 aliphatic carbocycles. The standard InChI is InChI=1S/C25H24N4O2/c1-2-7-19(29-25(31)23-21-11-6-4-9-18(21)13-15-27-23)16-28-24(30)22-20-10-5-3-8-17(20)12-14-26-22/h3-6,8-15,19H,2,7,16H2,1H3,(H,28,30)(H,29,31). The van der Waals surface area contributed by atoms with Crippen molar-refractivity contribution in [1.82, 2.24) is 20.6 Å². The maximum Gasteiger partial charge on any atom is 0.270 e. The van der Waals surface area contributed by atoms with E-state index in [1.165, 1.54) is 0 Å². The lowest BCUT2D eigenvalue weighted by atomic mass is 10.1. The van der Waals surface area contributed by atoms with Crippen LogP contribution in [0.3, 0.4) is 0 Å². The van der Waals surface area contributed by atoms with Crippen LogP contribution >= 0.6 is 0 Å². The topological polar surface area (TPSA) is 84.0 Å². The van der Waals surface area contributed by atoms with Gasteiger partial charge in [0.15, 0.2) is 0 Å². The fourth-order valence-electron chi connectivity index (χ4n) is 3.73. The first-order valence-electron chi connectivity index (χ1n) is 10.4. The van der Waals surface area contributed by atoms with E-state index in [4.69, 9.17) is 0 Å². The Morgan fingerprint density at radius 1 is 0.806 bits per heavy atom. The molecule has 0 aliphatic heterocycles. The summed E-state index contributed by atoms with van der Waals surface area (Å²) in [5.41, 5.74) is 0.775. The first-order chi connectivity index (χ1) is 15.2. The molecule has 2 heterocycles. The van der Waals surface area contributed by atoms with E-state index < -0.39 is 0 Å². The Morgan fingerprint density at radius 2 is 1.35 bits per heavy atom. The second-order valence-corrected chi connectivity index (χ2v) is 7.43. The number of rotatable bonds is 7. The van der Waals surface area contributed by atoms with Crippen molar-refractivity contribution in [1.29, 1.82) is 0 Å². The fraction of sp³-hybridized carbons (Fsp3) is 0.200. The molecular weight excluding hydrogens is 388 g/mol. The zero-order chi connectivity index (χ0) is 21.6. The van der Waals surface area contributed by atoms with Crippen LogP contribution < -0.4 is 10.6 Å². The van der Waals surface area contributed by atoms with Crippen LogP contribution in [0.5, 0.6) is 0 Å². The molecule has 156 valence electrons. The van der Waals surface area contributed by atoms with Gasteiger partial charge in [0.25, 0.3) is 11.8 Å². The summed E-state index contributed by atoms with van der Waals surface area (Å²) in [6, 6.07) is 18.9. The van der Waals surface area contributed by atoms with Crippen molar-refractivity contribution in [2.45, 2.75) is 25.8 Å². The molecule has 1 atom stereocenters. The van der Waals surface area contributed by atoms with Gasteiger partial charge >= 0.3 is 0 Å². The smallest absolute Gasteiger partial charge is 0.270 e. The first kappa shape index (κ1) is 20.5. The lowest BCUT2D eigenvalue weighted by Gasteiger charge is -2.19. The third-order valence-electron chi connectivity index (χ3n) is 5.26. The van der Waals surface area contributed by atoms with Crippen LogP contribution in [0.2, 0.25) is 0 Å². The van der Waals surface area contributed by atoms with E-state index in [1.807, 2.05) is 67.6 Å². The second kappa shape index (κ2) is 9.34. The summed E-state index contributed by atoms with van der Waals surface area (Å²) >= 11 is 0. The predicted octanol–water partition coefficient (Wildman–Crippen LogP) is 4.11. The SMILES string of the molecule is CCCC(CNC(=O)c1nccc2ccccc12)NC(=O)c1nccc2ccccc12. The molecule has 31 heavy (non-hydrogen) atoms.